The number of esters is 1. The summed E-state index contributed by atoms with van der Waals surface area (Å²) in [6.45, 7) is 1.84. The first-order valence-corrected chi connectivity index (χ1v) is 7.20. The Hall–Kier alpha value is -3.14. The molecule has 4 nitrogen and oxygen atoms in total. The smallest absolute Gasteiger partial charge is 0.344 e. The quantitative estimate of drug-likeness (QED) is 0.298. The summed E-state index contributed by atoms with van der Waals surface area (Å²) in [5.74, 6) is -0.0288. The highest BCUT2D eigenvalue weighted by atomic mass is 16.5. The number of rotatable bonds is 1. The van der Waals surface area contributed by atoms with Crippen LogP contribution in [0, 0.1) is 6.92 Å². The summed E-state index contributed by atoms with van der Waals surface area (Å²) in [5, 5.41) is 0.792. The van der Waals surface area contributed by atoms with Crippen LogP contribution in [0.5, 0.6) is 5.75 Å². The molecule has 0 radical (unpaired) electrons. The van der Waals surface area contributed by atoms with Gasteiger partial charge >= 0.3 is 11.6 Å². The minimum Gasteiger partial charge on any atom is -0.422 e. The average molecular weight is 304 g/mol. The van der Waals surface area contributed by atoms with Gasteiger partial charge in [0, 0.05) is 11.5 Å². The number of carbonyl (C=O) groups is 1. The van der Waals surface area contributed by atoms with Crippen LogP contribution < -0.4 is 10.4 Å². The molecule has 0 fully saturated rings. The Morgan fingerprint density at radius 1 is 1.00 bits per heavy atom. The molecule has 1 aliphatic rings. The molecule has 0 bridgehead atoms. The highest BCUT2D eigenvalue weighted by molar-refractivity contribution is 6.28. The van der Waals surface area contributed by atoms with Gasteiger partial charge in [-0.3, -0.25) is 0 Å². The van der Waals surface area contributed by atoms with Crippen molar-refractivity contribution in [2.45, 2.75) is 6.92 Å². The van der Waals surface area contributed by atoms with Crippen LogP contribution in [0.4, 0.5) is 0 Å². The van der Waals surface area contributed by atoms with Crippen LogP contribution in [-0.4, -0.2) is 5.97 Å². The van der Waals surface area contributed by atoms with Gasteiger partial charge in [0.1, 0.15) is 5.75 Å². The van der Waals surface area contributed by atoms with E-state index in [4.69, 9.17) is 9.15 Å². The topological polar surface area (TPSA) is 56.5 Å². The third-order valence-corrected chi connectivity index (χ3v) is 3.88. The fraction of sp³-hybridized carbons (Fsp3) is 0.0526. The maximum Gasteiger partial charge on any atom is 0.344 e. The Morgan fingerprint density at radius 2 is 1.78 bits per heavy atom. The zero-order chi connectivity index (χ0) is 16.0. The lowest BCUT2D eigenvalue weighted by Crippen LogP contribution is -2.01. The Bertz CT molecular complexity index is 1030. The van der Waals surface area contributed by atoms with Crippen LogP contribution in [0.25, 0.3) is 22.6 Å². The van der Waals surface area contributed by atoms with Gasteiger partial charge in [0.15, 0.2) is 5.58 Å². The van der Waals surface area contributed by atoms with Crippen LogP contribution in [0.1, 0.15) is 16.7 Å². The SMILES string of the molecule is Cc1cc(=O)oc2c3c(ccc12)OC(=O)/C3=C\c1ccccc1. The molecule has 0 aliphatic carbocycles. The number of hydrogen-bond donors (Lipinski definition) is 0. The van der Waals surface area contributed by atoms with Crippen LogP contribution in [-0.2, 0) is 4.79 Å². The number of aryl methyl sites for hydroxylation is 1. The van der Waals surface area contributed by atoms with Gasteiger partial charge in [-0.1, -0.05) is 30.3 Å². The molecule has 0 spiro atoms. The third kappa shape index (κ3) is 2.16. The van der Waals surface area contributed by atoms with Crippen molar-refractivity contribution in [3.63, 3.8) is 0 Å². The summed E-state index contributed by atoms with van der Waals surface area (Å²) in [6, 6.07) is 14.4. The van der Waals surface area contributed by atoms with Crippen LogP contribution in [0.2, 0.25) is 0 Å². The van der Waals surface area contributed by atoms with Crippen molar-refractivity contribution in [2.75, 3.05) is 0 Å². The van der Waals surface area contributed by atoms with E-state index < -0.39 is 11.6 Å². The monoisotopic (exact) mass is 304 g/mol. The fourth-order valence-electron chi connectivity index (χ4n) is 2.81. The van der Waals surface area contributed by atoms with E-state index in [1.54, 1.807) is 18.2 Å². The van der Waals surface area contributed by atoms with Crippen molar-refractivity contribution in [2.24, 2.45) is 0 Å². The van der Waals surface area contributed by atoms with Gasteiger partial charge in [-0.15, -0.1) is 0 Å². The molecule has 0 unspecified atom stereocenters. The molecule has 3 aromatic rings. The van der Waals surface area contributed by atoms with Gasteiger partial charge in [-0.25, -0.2) is 9.59 Å². The zero-order valence-corrected chi connectivity index (χ0v) is 12.3. The first-order valence-electron chi connectivity index (χ1n) is 7.20. The Balaban J connectivity index is 2.04. The lowest BCUT2D eigenvalue weighted by atomic mass is 10.00. The standard InChI is InChI=1S/C19H12O4/c1-11-9-16(20)23-18-13(11)7-8-15-17(18)14(19(21)22-15)10-12-5-3-2-4-6-12/h2-10H,1H3/b14-10-. The summed E-state index contributed by atoms with van der Waals surface area (Å²) in [6.07, 6.45) is 1.75. The van der Waals surface area contributed by atoms with Crippen LogP contribution >= 0.6 is 0 Å². The lowest BCUT2D eigenvalue weighted by Gasteiger charge is -2.04. The molecule has 1 aliphatic heterocycles. The molecular formula is C19H12O4. The molecule has 112 valence electrons. The second-order valence-electron chi connectivity index (χ2n) is 5.42. The maximum atomic E-state index is 12.2. The molecule has 0 saturated carbocycles. The number of carbonyl (C=O) groups excluding carboxylic acids is 1. The third-order valence-electron chi connectivity index (χ3n) is 3.88. The van der Waals surface area contributed by atoms with Gasteiger partial charge in [0.05, 0.1) is 11.1 Å². The molecule has 0 amide bonds. The highest BCUT2D eigenvalue weighted by Gasteiger charge is 2.30. The number of fused-ring (bicyclic) bond motifs is 3. The molecule has 0 saturated heterocycles. The van der Waals surface area contributed by atoms with E-state index in [2.05, 4.69) is 0 Å². The van der Waals surface area contributed by atoms with Crippen LogP contribution in [0.15, 0.2) is 57.7 Å². The van der Waals surface area contributed by atoms with E-state index in [9.17, 15) is 9.59 Å². The largest absolute Gasteiger partial charge is 0.422 e. The number of ether oxygens (including phenoxy) is 1. The molecule has 4 rings (SSSR count). The van der Waals surface area contributed by atoms with Crippen molar-refractivity contribution >= 4 is 28.6 Å². The van der Waals surface area contributed by atoms with Crippen LogP contribution in [0.3, 0.4) is 0 Å². The highest BCUT2D eigenvalue weighted by Crippen LogP contribution is 2.40. The molecule has 2 aromatic carbocycles. The van der Waals surface area contributed by atoms with E-state index in [0.29, 0.717) is 22.5 Å². The molecule has 1 aromatic heterocycles. The zero-order valence-electron chi connectivity index (χ0n) is 12.3. The number of hydrogen-bond acceptors (Lipinski definition) is 4. The van der Waals surface area contributed by atoms with Crippen molar-refractivity contribution < 1.29 is 13.9 Å². The molecule has 0 N–H and O–H groups in total. The maximum absolute atomic E-state index is 12.2. The van der Waals surface area contributed by atoms with Gasteiger partial charge in [-0.05, 0) is 36.3 Å². The van der Waals surface area contributed by atoms with Gasteiger partial charge in [0.2, 0.25) is 0 Å². The summed E-state index contributed by atoms with van der Waals surface area (Å²) < 4.78 is 10.7. The lowest BCUT2D eigenvalue weighted by molar-refractivity contribution is -0.126. The molecular weight excluding hydrogens is 292 g/mol. The average Bonchev–Trinajstić information content (AvgIpc) is 2.84. The molecule has 4 heteroatoms. The Labute approximate surface area is 131 Å². The van der Waals surface area contributed by atoms with E-state index in [1.807, 2.05) is 37.3 Å². The molecule has 23 heavy (non-hydrogen) atoms. The predicted molar refractivity (Wildman–Crippen MR) is 87.2 cm³/mol. The van der Waals surface area contributed by atoms with E-state index in [1.165, 1.54) is 6.07 Å². The molecule has 0 atom stereocenters. The van der Waals surface area contributed by atoms with E-state index in [-0.39, 0.29) is 0 Å². The minimum atomic E-state index is -0.444. The summed E-state index contributed by atoms with van der Waals surface area (Å²) in [4.78, 5) is 24.0. The first kappa shape index (κ1) is 13.5. The summed E-state index contributed by atoms with van der Waals surface area (Å²) >= 11 is 0. The van der Waals surface area contributed by atoms with Gasteiger partial charge in [-0.2, -0.15) is 0 Å². The van der Waals surface area contributed by atoms with E-state index in [0.717, 1.165) is 16.5 Å². The minimum absolute atomic E-state index is 0.389. The summed E-state index contributed by atoms with van der Waals surface area (Å²) in [7, 11) is 0. The Morgan fingerprint density at radius 3 is 2.57 bits per heavy atom. The second kappa shape index (κ2) is 4.95. The van der Waals surface area contributed by atoms with Crippen molar-refractivity contribution in [3.8, 4) is 5.75 Å². The predicted octanol–water partition coefficient (Wildman–Crippen LogP) is 3.56. The van der Waals surface area contributed by atoms with Crippen molar-refractivity contribution in [3.05, 3.63) is 75.6 Å². The second-order valence-corrected chi connectivity index (χ2v) is 5.42. The van der Waals surface area contributed by atoms with Crippen molar-refractivity contribution in [1.82, 2.24) is 0 Å². The van der Waals surface area contributed by atoms with Gasteiger partial charge in [0.25, 0.3) is 0 Å². The fourth-order valence-corrected chi connectivity index (χ4v) is 2.81. The summed E-state index contributed by atoms with van der Waals surface area (Å²) in [5.41, 5.74) is 2.56. The first-order chi connectivity index (χ1) is 11.1. The number of benzene rings is 2. The normalized spacial score (nSPS) is 15.0. The van der Waals surface area contributed by atoms with Crippen molar-refractivity contribution in [1.29, 1.82) is 0 Å². The van der Waals surface area contributed by atoms with Gasteiger partial charge < -0.3 is 9.15 Å². The van der Waals surface area contributed by atoms with E-state index >= 15 is 0 Å². The Kier molecular flexibility index (Phi) is 2.91. The molecule has 2 heterocycles.